The number of carbonyl (C=O) groups excluding carboxylic acids is 1. The van der Waals surface area contributed by atoms with E-state index in [2.05, 4.69) is 5.32 Å². The Labute approximate surface area is 135 Å². The number of ether oxygens (including phenoxy) is 4. The molecule has 0 aliphatic carbocycles. The maximum atomic E-state index is 12.7. The van der Waals surface area contributed by atoms with Gasteiger partial charge in [-0.1, -0.05) is 6.07 Å². The summed E-state index contributed by atoms with van der Waals surface area (Å²) in [4.78, 5) is 14.5. The zero-order valence-electron chi connectivity index (χ0n) is 13.2. The van der Waals surface area contributed by atoms with Crippen LogP contribution in [0.4, 0.5) is 0 Å². The number of benzene rings is 1. The van der Waals surface area contributed by atoms with Gasteiger partial charge in [0.15, 0.2) is 11.5 Å². The molecule has 0 saturated carbocycles. The normalized spacial score (nSPS) is 19.6. The molecule has 1 aromatic carbocycles. The molecule has 1 saturated heterocycles. The molecule has 1 N–H and O–H groups in total. The molecule has 1 aromatic rings. The van der Waals surface area contributed by atoms with Crippen LogP contribution >= 0.6 is 0 Å². The minimum absolute atomic E-state index is 0.0214. The van der Waals surface area contributed by atoms with Gasteiger partial charge >= 0.3 is 0 Å². The number of carbonyl (C=O) groups is 1. The highest BCUT2D eigenvalue weighted by atomic mass is 16.7. The van der Waals surface area contributed by atoms with Crippen LogP contribution < -0.4 is 14.8 Å². The van der Waals surface area contributed by atoms with E-state index in [0.29, 0.717) is 32.8 Å². The van der Waals surface area contributed by atoms with Crippen molar-refractivity contribution in [1.82, 2.24) is 10.2 Å². The minimum atomic E-state index is -0.436. The van der Waals surface area contributed by atoms with Crippen molar-refractivity contribution in [2.24, 2.45) is 0 Å². The van der Waals surface area contributed by atoms with Gasteiger partial charge in [-0.05, 0) is 17.7 Å². The summed E-state index contributed by atoms with van der Waals surface area (Å²) in [6, 6.07) is 5.73. The van der Waals surface area contributed by atoms with Gasteiger partial charge in [-0.3, -0.25) is 4.79 Å². The van der Waals surface area contributed by atoms with Crippen LogP contribution in [0.2, 0.25) is 0 Å². The van der Waals surface area contributed by atoms with Crippen LogP contribution in [-0.4, -0.2) is 63.7 Å². The van der Waals surface area contributed by atoms with Crippen LogP contribution in [0.25, 0.3) is 0 Å². The Bertz CT molecular complexity index is 545. The second-order valence-corrected chi connectivity index (χ2v) is 5.50. The third-order valence-electron chi connectivity index (χ3n) is 3.89. The van der Waals surface area contributed by atoms with Gasteiger partial charge in [0.1, 0.15) is 6.10 Å². The highest BCUT2D eigenvalue weighted by molar-refractivity contribution is 5.81. The van der Waals surface area contributed by atoms with E-state index < -0.39 is 6.10 Å². The lowest BCUT2D eigenvalue weighted by molar-refractivity contribution is -0.146. The number of hydrogen-bond acceptors (Lipinski definition) is 6. The van der Waals surface area contributed by atoms with Gasteiger partial charge in [-0.15, -0.1) is 0 Å². The van der Waals surface area contributed by atoms with E-state index in [1.54, 1.807) is 12.0 Å². The lowest BCUT2D eigenvalue weighted by atomic mass is 10.1. The molecular weight excluding hydrogens is 300 g/mol. The molecule has 0 radical (unpaired) electrons. The average molecular weight is 322 g/mol. The molecule has 2 heterocycles. The Morgan fingerprint density at radius 2 is 2.26 bits per heavy atom. The van der Waals surface area contributed by atoms with Gasteiger partial charge in [0.2, 0.25) is 6.79 Å². The van der Waals surface area contributed by atoms with Crippen molar-refractivity contribution in [2.45, 2.75) is 12.6 Å². The summed E-state index contributed by atoms with van der Waals surface area (Å²) < 4.78 is 21.4. The lowest BCUT2D eigenvalue weighted by Crippen LogP contribution is -2.49. The fourth-order valence-corrected chi connectivity index (χ4v) is 2.66. The Kier molecular flexibility index (Phi) is 5.32. The molecule has 126 valence electrons. The van der Waals surface area contributed by atoms with Gasteiger partial charge in [-0.2, -0.15) is 0 Å². The third kappa shape index (κ3) is 3.93. The summed E-state index contributed by atoms with van der Waals surface area (Å²) >= 11 is 0. The number of nitrogens with one attached hydrogen (secondary N) is 1. The van der Waals surface area contributed by atoms with Gasteiger partial charge in [0, 0.05) is 33.3 Å². The van der Waals surface area contributed by atoms with Gasteiger partial charge in [0.05, 0.1) is 13.2 Å². The largest absolute Gasteiger partial charge is 0.454 e. The fraction of sp³-hybridized carbons (Fsp3) is 0.562. The topological polar surface area (TPSA) is 69.3 Å². The molecule has 0 bridgehead atoms. The number of rotatable bonds is 6. The van der Waals surface area contributed by atoms with Crippen LogP contribution in [-0.2, 0) is 20.8 Å². The van der Waals surface area contributed by atoms with E-state index in [-0.39, 0.29) is 12.7 Å². The Morgan fingerprint density at radius 3 is 3.04 bits per heavy atom. The summed E-state index contributed by atoms with van der Waals surface area (Å²) in [6.07, 6.45) is -0.436. The highest BCUT2D eigenvalue weighted by Gasteiger charge is 2.27. The number of methoxy groups -OCH3 is 1. The molecule has 1 atom stereocenters. The monoisotopic (exact) mass is 322 g/mol. The van der Waals surface area contributed by atoms with Crippen molar-refractivity contribution in [3.63, 3.8) is 0 Å². The first-order valence-electron chi connectivity index (χ1n) is 7.76. The predicted octanol–water partition coefficient (Wildman–Crippen LogP) is 0.379. The number of fused-ring (bicyclic) bond motifs is 1. The van der Waals surface area contributed by atoms with E-state index in [1.165, 1.54) is 0 Å². The molecule has 7 nitrogen and oxygen atoms in total. The Balaban J connectivity index is 1.69. The molecule has 3 rings (SSSR count). The van der Waals surface area contributed by atoms with E-state index in [9.17, 15) is 4.79 Å². The summed E-state index contributed by atoms with van der Waals surface area (Å²) in [6.45, 7) is 3.61. The second kappa shape index (κ2) is 7.63. The second-order valence-electron chi connectivity index (χ2n) is 5.50. The molecule has 23 heavy (non-hydrogen) atoms. The fourth-order valence-electron chi connectivity index (χ4n) is 2.66. The van der Waals surface area contributed by atoms with Crippen LogP contribution in [0.15, 0.2) is 18.2 Å². The van der Waals surface area contributed by atoms with Crippen molar-refractivity contribution in [2.75, 3.05) is 46.8 Å². The molecule has 2 aliphatic rings. The Hall–Kier alpha value is -1.83. The molecule has 0 spiro atoms. The van der Waals surface area contributed by atoms with Crippen molar-refractivity contribution in [3.05, 3.63) is 23.8 Å². The third-order valence-corrected chi connectivity index (χ3v) is 3.89. The molecule has 1 unspecified atom stereocenters. The van der Waals surface area contributed by atoms with Crippen molar-refractivity contribution < 1.29 is 23.7 Å². The van der Waals surface area contributed by atoms with Crippen LogP contribution in [0.1, 0.15) is 5.56 Å². The van der Waals surface area contributed by atoms with E-state index in [4.69, 9.17) is 18.9 Å². The predicted molar refractivity (Wildman–Crippen MR) is 82.5 cm³/mol. The van der Waals surface area contributed by atoms with Gasteiger partial charge in [0.25, 0.3) is 5.91 Å². The lowest BCUT2D eigenvalue weighted by Gasteiger charge is -2.29. The average Bonchev–Trinajstić information content (AvgIpc) is 3.06. The number of hydrogen-bond donors (Lipinski definition) is 1. The maximum absolute atomic E-state index is 12.7. The van der Waals surface area contributed by atoms with E-state index in [1.807, 2.05) is 18.2 Å². The minimum Gasteiger partial charge on any atom is -0.454 e. The van der Waals surface area contributed by atoms with Gasteiger partial charge < -0.3 is 29.2 Å². The van der Waals surface area contributed by atoms with Crippen molar-refractivity contribution in [3.8, 4) is 11.5 Å². The summed E-state index contributed by atoms with van der Waals surface area (Å²) in [7, 11) is 1.63. The smallest absolute Gasteiger partial charge is 0.253 e. The van der Waals surface area contributed by atoms with Crippen molar-refractivity contribution >= 4 is 5.91 Å². The highest BCUT2D eigenvalue weighted by Crippen LogP contribution is 2.32. The number of nitrogens with zero attached hydrogens (tertiary/aromatic N) is 1. The summed E-state index contributed by atoms with van der Waals surface area (Å²) in [5.74, 6) is 1.44. The Morgan fingerprint density at radius 1 is 1.39 bits per heavy atom. The molecule has 1 amide bonds. The zero-order chi connectivity index (χ0) is 16.1. The maximum Gasteiger partial charge on any atom is 0.253 e. The van der Waals surface area contributed by atoms with Crippen molar-refractivity contribution in [1.29, 1.82) is 0 Å². The van der Waals surface area contributed by atoms with Crippen LogP contribution in [0, 0.1) is 0 Å². The molecular formula is C16H22N2O5. The van der Waals surface area contributed by atoms with Crippen LogP contribution in [0.5, 0.6) is 11.5 Å². The first-order valence-corrected chi connectivity index (χ1v) is 7.76. The van der Waals surface area contributed by atoms with Crippen LogP contribution in [0.3, 0.4) is 0 Å². The van der Waals surface area contributed by atoms with E-state index in [0.717, 1.165) is 23.6 Å². The standard InChI is InChI=1S/C16H22N2O5/c1-20-7-5-18(16(19)15-9-17-4-6-21-15)10-12-2-3-13-14(8-12)23-11-22-13/h2-3,8,15,17H,4-7,9-11H2,1H3. The van der Waals surface area contributed by atoms with E-state index >= 15 is 0 Å². The first-order chi connectivity index (χ1) is 11.3. The SMILES string of the molecule is COCCN(Cc1ccc2c(c1)OCO2)C(=O)C1CNCCO1. The quantitative estimate of drug-likeness (QED) is 0.816. The molecule has 2 aliphatic heterocycles. The number of morpholine rings is 1. The summed E-state index contributed by atoms with van der Waals surface area (Å²) in [5, 5.41) is 3.18. The summed E-state index contributed by atoms with van der Waals surface area (Å²) in [5.41, 5.74) is 0.988. The first kappa shape index (κ1) is 16.0. The molecule has 0 aromatic heterocycles. The zero-order valence-corrected chi connectivity index (χ0v) is 13.2. The number of amides is 1. The molecule has 7 heteroatoms. The van der Waals surface area contributed by atoms with Gasteiger partial charge in [-0.25, -0.2) is 0 Å². The molecule has 1 fully saturated rings.